The predicted octanol–water partition coefficient (Wildman–Crippen LogP) is 3.67. The first-order valence-electron chi connectivity index (χ1n) is 12.4. The van der Waals surface area contributed by atoms with Crippen LogP contribution in [0.1, 0.15) is 52.9 Å². The molecule has 4 rings (SSSR count). The van der Waals surface area contributed by atoms with Crippen molar-refractivity contribution in [2.75, 3.05) is 46.9 Å². The smallest absolute Gasteiger partial charge is 0.257 e. The minimum atomic E-state index is -3.75. The average Bonchev–Trinajstić information content (AvgIpc) is 3.50. The molecule has 0 saturated carbocycles. The molecule has 0 aliphatic carbocycles. The van der Waals surface area contributed by atoms with Gasteiger partial charge in [0.05, 0.1) is 24.1 Å². The standard InChI is InChI=1S/C26H37N3O5S/c1-19-13-23(33-4)14-20(2)25(19)35(31,32)27(3)17-24-15-22(18-34-24)26(30)29-11-7-21(8-12-29)16-28-9-5-6-10-28/h13-15,18,21H,5-12,16-17H2,1-4H3. The maximum Gasteiger partial charge on any atom is 0.257 e. The third kappa shape index (κ3) is 5.73. The number of methoxy groups -OCH3 is 1. The molecule has 9 heteroatoms. The number of carbonyl (C=O) groups excluding carboxylic acids is 1. The van der Waals surface area contributed by atoms with Gasteiger partial charge in [-0.3, -0.25) is 4.79 Å². The molecule has 192 valence electrons. The number of ether oxygens (including phenoxy) is 1. The Kier molecular flexibility index (Phi) is 7.88. The van der Waals surface area contributed by atoms with Crippen LogP contribution in [0.3, 0.4) is 0 Å². The number of carbonyl (C=O) groups is 1. The summed E-state index contributed by atoms with van der Waals surface area (Å²) in [7, 11) is -0.675. The van der Waals surface area contributed by atoms with Crippen LogP contribution in [0.2, 0.25) is 0 Å². The van der Waals surface area contributed by atoms with Gasteiger partial charge in [-0.2, -0.15) is 4.31 Å². The molecular formula is C26H37N3O5S. The number of benzene rings is 1. The van der Waals surface area contributed by atoms with Crippen molar-refractivity contribution in [2.24, 2.45) is 5.92 Å². The van der Waals surface area contributed by atoms with E-state index in [0.717, 1.165) is 32.5 Å². The van der Waals surface area contributed by atoms with Gasteiger partial charge in [0.15, 0.2) is 0 Å². The van der Waals surface area contributed by atoms with Crippen molar-refractivity contribution in [3.05, 3.63) is 46.9 Å². The first-order valence-corrected chi connectivity index (χ1v) is 13.8. The van der Waals surface area contributed by atoms with Crippen molar-refractivity contribution in [3.63, 3.8) is 0 Å². The lowest BCUT2D eigenvalue weighted by atomic mass is 9.96. The number of hydrogen-bond donors (Lipinski definition) is 0. The van der Waals surface area contributed by atoms with Crippen LogP contribution in [0.4, 0.5) is 0 Å². The monoisotopic (exact) mass is 503 g/mol. The number of likely N-dealkylation sites (tertiary alicyclic amines) is 2. The summed E-state index contributed by atoms with van der Waals surface area (Å²) in [5.74, 6) is 1.66. The van der Waals surface area contributed by atoms with Crippen LogP contribution in [0, 0.1) is 19.8 Å². The Balaban J connectivity index is 1.37. The van der Waals surface area contributed by atoms with Crippen molar-refractivity contribution < 1.29 is 22.4 Å². The predicted molar refractivity (Wildman–Crippen MR) is 134 cm³/mol. The molecular weight excluding hydrogens is 466 g/mol. The lowest BCUT2D eigenvalue weighted by molar-refractivity contribution is 0.0672. The Morgan fingerprint density at radius 2 is 1.71 bits per heavy atom. The lowest BCUT2D eigenvalue weighted by Gasteiger charge is -2.33. The summed E-state index contributed by atoms with van der Waals surface area (Å²) in [5.41, 5.74) is 1.72. The third-order valence-electron chi connectivity index (χ3n) is 7.23. The molecule has 0 bridgehead atoms. The van der Waals surface area contributed by atoms with E-state index >= 15 is 0 Å². The van der Waals surface area contributed by atoms with E-state index in [4.69, 9.17) is 9.15 Å². The molecule has 0 radical (unpaired) electrons. The quantitative estimate of drug-likeness (QED) is 0.547. The zero-order valence-electron chi connectivity index (χ0n) is 21.2. The maximum absolute atomic E-state index is 13.3. The van der Waals surface area contributed by atoms with Crippen LogP contribution in [0.25, 0.3) is 0 Å². The van der Waals surface area contributed by atoms with Crippen molar-refractivity contribution >= 4 is 15.9 Å². The molecule has 1 aromatic heterocycles. The van der Waals surface area contributed by atoms with Crippen molar-refractivity contribution in [1.29, 1.82) is 0 Å². The molecule has 2 aliphatic rings. The molecule has 8 nitrogen and oxygen atoms in total. The van der Waals surface area contributed by atoms with Gasteiger partial charge >= 0.3 is 0 Å². The van der Waals surface area contributed by atoms with E-state index in [1.165, 1.54) is 43.5 Å². The minimum absolute atomic E-state index is 0.0401. The van der Waals surface area contributed by atoms with Crippen LogP contribution in [-0.4, -0.2) is 75.3 Å². The fourth-order valence-corrected chi connectivity index (χ4v) is 6.84. The van der Waals surface area contributed by atoms with Crippen LogP contribution in [0.5, 0.6) is 5.75 Å². The highest BCUT2D eigenvalue weighted by Gasteiger charge is 2.29. The zero-order chi connectivity index (χ0) is 25.2. The second-order valence-electron chi connectivity index (χ2n) is 9.90. The van der Waals surface area contributed by atoms with E-state index in [0.29, 0.717) is 34.1 Å². The number of aryl methyl sites for hydroxylation is 2. The van der Waals surface area contributed by atoms with E-state index in [1.54, 1.807) is 39.2 Å². The summed E-state index contributed by atoms with van der Waals surface area (Å²) < 4.78 is 38.7. The molecule has 2 aromatic rings. The summed E-state index contributed by atoms with van der Waals surface area (Å²) in [6, 6.07) is 5.09. The van der Waals surface area contributed by atoms with Gasteiger partial charge in [-0.15, -0.1) is 0 Å². The van der Waals surface area contributed by atoms with E-state index < -0.39 is 10.0 Å². The summed E-state index contributed by atoms with van der Waals surface area (Å²) in [5, 5.41) is 0. The van der Waals surface area contributed by atoms with Gasteiger partial charge in [0.1, 0.15) is 17.8 Å². The maximum atomic E-state index is 13.3. The Bertz CT molecular complexity index is 1120. The first-order chi connectivity index (χ1) is 16.7. The van der Waals surface area contributed by atoms with Crippen molar-refractivity contribution in [3.8, 4) is 5.75 Å². The van der Waals surface area contributed by atoms with Gasteiger partial charge in [-0.1, -0.05) is 0 Å². The van der Waals surface area contributed by atoms with Crippen LogP contribution in [-0.2, 0) is 16.6 Å². The molecule has 0 unspecified atom stereocenters. The second kappa shape index (κ2) is 10.7. The van der Waals surface area contributed by atoms with E-state index in [9.17, 15) is 13.2 Å². The number of furan rings is 1. The Morgan fingerprint density at radius 1 is 1.09 bits per heavy atom. The number of amides is 1. The molecule has 35 heavy (non-hydrogen) atoms. The average molecular weight is 504 g/mol. The van der Waals surface area contributed by atoms with Crippen molar-refractivity contribution in [1.82, 2.24) is 14.1 Å². The molecule has 1 aromatic carbocycles. The Hall–Kier alpha value is -2.36. The van der Waals surface area contributed by atoms with Gasteiger partial charge in [-0.25, -0.2) is 8.42 Å². The van der Waals surface area contributed by atoms with Crippen LogP contribution in [0.15, 0.2) is 33.8 Å². The summed E-state index contributed by atoms with van der Waals surface area (Å²) in [6.07, 6.45) is 6.09. The molecule has 2 aliphatic heterocycles. The van der Waals surface area contributed by atoms with Gasteiger partial charge < -0.3 is 19.0 Å². The van der Waals surface area contributed by atoms with Crippen LogP contribution < -0.4 is 4.74 Å². The van der Waals surface area contributed by atoms with E-state index in [1.807, 2.05) is 4.90 Å². The highest BCUT2D eigenvalue weighted by Crippen LogP contribution is 2.29. The largest absolute Gasteiger partial charge is 0.497 e. The fraction of sp³-hybridized carbons (Fsp3) is 0.577. The lowest BCUT2D eigenvalue weighted by Crippen LogP contribution is -2.41. The molecule has 0 spiro atoms. The number of rotatable bonds is 8. The fourth-order valence-electron chi connectivity index (χ4n) is 5.30. The normalized spacial score (nSPS) is 17.9. The number of piperidine rings is 1. The van der Waals surface area contributed by atoms with Crippen molar-refractivity contribution in [2.45, 2.75) is 51.0 Å². The van der Waals surface area contributed by atoms with Gasteiger partial charge in [-0.05, 0) is 87.9 Å². The highest BCUT2D eigenvalue weighted by atomic mass is 32.2. The number of sulfonamides is 1. The van der Waals surface area contributed by atoms with Gasteiger partial charge in [0.2, 0.25) is 10.0 Å². The molecule has 2 saturated heterocycles. The summed E-state index contributed by atoms with van der Waals surface area (Å²) in [6.45, 7) is 8.62. The van der Waals surface area contributed by atoms with E-state index in [-0.39, 0.29) is 17.3 Å². The SMILES string of the molecule is COc1cc(C)c(S(=O)(=O)N(C)Cc2cc(C(=O)N3CCC(CN4CCCC4)CC3)co2)c(C)c1. The van der Waals surface area contributed by atoms with Gasteiger partial charge in [0.25, 0.3) is 5.91 Å². The van der Waals surface area contributed by atoms with E-state index in [2.05, 4.69) is 4.90 Å². The van der Waals surface area contributed by atoms with Gasteiger partial charge in [0, 0.05) is 26.7 Å². The molecule has 0 N–H and O–H groups in total. The highest BCUT2D eigenvalue weighted by molar-refractivity contribution is 7.89. The molecule has 3 heterocycles. The topological polar surface area (TPSA) is 83.3 Å². The number of hydrogen-bond acceptors (Lipinski definition) is 6. The molecule has 2 fully saturated rings. The van der Waals surface area contributed by atoms with Crippen LogP contribution >= 0.6 is 0 Å². The zero-order valence-corrected chi connectivity index (χ0v) is 22.1. The first kappa shape index (κ1) is 25.7. The summed E-state index contributed by atoms with van der Waals surface area (Å²) in [4.78, 5) is 17.7. The second-order valence-corrected chi connectivity index (χ2v) is 11.9. The molecule has 1 amide bonds. The minimum Gasteiger partial charge on any atom is -0.497 e. The Labute approximate surface area is 208 Å². The molecule has 0 atom stereocenters. The third-order valence-corrected chi connectivity index (χ3v) is 9.34. The summed E-state index contributed by atoms with van der Waals surface area (Å²) >= 11 is 0. The Morgan fingerprint density at radius 3 is 2.31 bits per heavy atom. The number of nitrogens with zero attached hydrogens (tertiary/aromatic N) is 3.